The summed E-state index contributed by atoms with van der Waals surface area (Å²) in [5.74, 6) is 0.723. The summed E-state index contributed by atoms with van der Waals surface area (Å²) in [6, 6.07) is 7.96. The number of carbonyl (C=O) groups excluding carboxylic acids is 1. The van der Waals surface area contributed by atoms with Gasteiger partial charge < -0.3 is 15.1 Å². The van der Waals surface area contributed by atoms with Crippen molar-refractivity contribution >= 4 is 24.0 Å². The Hall–Kier alpha value is -1.85. The van der Waals surface area contributed by atoms with Gasteiger partial charge in [-0.3, -0.25) is 4.79 Å². The number of oxazole rings is 1. The van der Waals surface area contributed by atoms with Crippen LogP contribution in [0.15, 0.2) is 41.1 Å². The van der Waals surface area contributed by atoms with E-state index in [1.807, 2.05) is 24.3 Å². The predicted octanol–water partition coefficient (Wildman–Crippen LogP) is 3.09. The van der Waals surface area contributed by atoms with Crippen LogP contribution in [0.2, 0.25) is 0 Å². The molecule has 2 aromatic rings. The van der Waals surface area contributed by atoms with Gasteiger partial charge in [-0.1, -0.05) is 6.07 Å². The molecule has 2 atom stereocenters. The lowest BCUT2D eigenvalue weighted by Crippen LogP contribution is -2.40. The van der Waals surface area contributed by atoms with Gasteiger partial charge in [0, 0.05) is 23.2 Å². The summed E-state index contributed by atoms with van der Waals surface area (Å²) >= 11 is 0. The number of carbonyl (C=O) groups is 1. The molecule has 0 unspecified atom stereocenters. The van der Waals surface area contributed by atoms with E-state index in [1.165, 1.54) is 6.26 Å². The number of nitrogens with zero attached hydrogens (tertiary/aromatic N) is 1. The molecule has 22 heavy (non-hydrogen) atoms. The van der Waals surface area contributed by atoms with E-state index in [2.05, 4.69) is 22.5 Å². The van der Waals surface area contributed by atoms with Crippen molar-refractivity contribution in [1.29, 1.82) is 0 Å². The smallest absolute Gasteiger partial charge is 0.227 e. The van der Waals surface area contributed by atoms with E-state index in [0.717, 1.165) is 30.6 Å². The summed E-state index contributed by atoms with van der Waals surface area (Å²) in [6.45, 7) is 3.01. The highest BCUT2D eigenvalue weighted by atomic mass is 35.5. The number of benzene rings is 1. The van der Waals surface area contributed by atoms with Crippen molar-refractivity contribution in [2.75, 3.05) is 11.9 Å². The monoisotopic (exact) mass is 321 g/mol. The van der Waals surface area contributed by atoms with Crippen molar-refractivity contribution in [3.05, 3.63) is 36.7 Å². The van der Waals surface area contributed by atoms with Crippen molar-refractivity contribution in [2.45, 2.75) is 25.8 Å². The van der Waals surface area contributed by atoms with Crippen LogP contribution in [0.5, 0.6) is 0 Å². The molecular formula is C16H20ClN3O2. The molecule has 5 nitrogen and oxygen atoms in total. The van der Waals surface area contributed by atoms with Gasteiger partial charge in [0.25, 0.3) is 0 Å². The number of hydrogen-bond donors (Lipinski definition) is 2. The van der Waals surface area contributed by atoms with Crippen LogP contribution in [-0.2, 0) is 4.79 Å². The second-order valence-corrected chi connectivity index (χ2v) is 5.48. The third-order valence-electron chi connectivity index (χ3n) is 3.80. The highest BCUT2D eigenvalue weighted by Gasteiger charge is 2.24. The van der Waals surface area contributed by atoms with Gasteiger partial charge >= 0.3 is 0 Å². The standard InChI is InChI=1S/C16H19N3O2.ClH/c1-11-9-12(5-6-17-11)15(20)19-14-4-2-3-13(10-14)16-18-7-8-21-16;/h2-4,7-8,10-12,17H,5-6,9H2,1H3,(H,19,20);1H/t11-,12-;/m0./s1. The molecule has 1 amide bonds. The first kappa shape index (κ1) is 16.5. The molecule has 6 heteroatoms. The Balaban J connectivity index is 0.00000176. The maximum atomic E-state index is 12.3. The quantitative estimate of drug-likeness (QED) is 0.911. The molecule has 1 aliphatic rings. The van der Waals surface area contributed by atoms with Crippen LogP contribution < -0.4 is 10.6 Å². The molecule has 0 spiro atoms. The summed E-state index contributed by atoms with van der Waals surface area (Å²) in [5.41, 5.74) is 1.64. The average Bonchev–Trinajstić information content (AvgIpc) is 3.02. The largest absolute Gasteiger partial charge is 0.445 e. The van der Waals surface area contributed by atoms with E-state index in [-0.39, 0.29) is 24.2 Å². The Kier molecular flexibility index (Phi) is 5.57. The summed E-state index contributed by atoms with van der Waals surface area (Å²) < 4.78 is 5.28. The number of rotatable bonds is 3. The van der Waals surface area contributed by atoms with Crippen LogP contribution in [-0.4, -0.2) is 23.5 Å². The van der Waals surface area contributed by atoms with Crippen molar-refractivity contribution < 1.29 is 9.21 Å². The van der Waals surface area contributed by atoms with E-state index in [4.69, 9.17) is 4.42 Å². The second-order valence-electron chi connectivity index (χ2n) is 5.48. The van der Waals surface area contributed by atoms with E-state index in [1.54, 1.807) is 6.20 Å². The molecule has 2 heterocycles. The molecule has 0 aliphatic carbocycles. The van der Waals surface area contributed by atoms with Crippen LogP contribution in [0.3, 0.4) is 0 Å². The third kappa shape index (κ3) is 3.87. The van der Waals surface area contributed by atoms with Crippen molar-refractivity contribution in [3.63, 3.8) is 0 Å². The number of aromatic nitrogens is 1. The minimum Gasteiger partial charge on any atom is -0.445 e. The van der Waals surface area contributed by atoms with Crippen molar-refractivity contribution in [1.82, 2.24) is 10.3 Å². The maximum Gasteiger partial charge on any atom is 0.227 e. The zero-order valence-corrected chi connectivity index (χ0v) is 13.2. The Morgan fingerprint density at radius 3 is 3.05 bits per heavy atom. The topological polar surface area (TPSA) is 67.2 Å². The average molecular weight is 322 g/mol. The molecule has 2 N–H and O–H groups in total. The Bertz CT molecular complexity index is 616. The summed E-state index contributed by atoms with van der Waals surface area (Å²) in [7, 11) is 0. The first-order valence-corrected chi connectivity index (χ1v) is 7.26. The number of piperidine rings is 1. The molecule has 118 valence electrons. The van der Waals surface area contributed by atoms with Gasteiger partial charge in [-0.05, 0) is 44.5 Å². The van der Waals surface area contributed by atoms with Gasteiger partial charge in [0.1, 0.15) is 6.26 Å². The van der Waals surface area contributed by atoms with Gasteiger partial charge in [0.15, 0.2) is 0 Å². The summed E-state index contributed by atoms with van der Waals surface area (Å²) in [4.78, 5) is 16.5. The fourth-order valence-electron chi connectivity index (χ4n) is 2.71. The lowest BCUT2D eigenvalue weighted by Gasteiger charge is -2.27. The van der Waals surface area contributed by atoms with Crippen LogP contribution in [0, 0.1) is 5.92 Å². The molecule has 1 saturated heterocycles. The number of hydrogen-bond acceptors (Lipinski definition) is 4. The number of anilines is 1. The van der Waals surface area contributed by atoms with Gasteiger partial charge in [0.05, 0.1) is 6.20 Å². The minimum absolute atomic E-state index is 0. The molecule has 0 bridgehead atoms. The fraction of sp³-hybridized carbons (Fsp3) is 0.375. The maximum absolute atomic E-state index is 12.3. The zero-order chi connectivity index (χ0) is 14.7. The number of halogens is 1. The van der Waals surface area contributed by atoms with Crippen LogP contribution in [0.1, 0.15) is 19.8 Å². The Morgan fingerprint density at radius 1 is 1.45 bits per heavy atom. The fourth-order valence-corrected chi connectivity index (χ4v) is 2.71. The minimum atomic E-state index is 0. The molecular weight excluding hydrogens is 302 g/mol. The Labute approximate surface area is 135 Å². The van der Waals surface area contributed by atoms with Crippen LogP contribution in [0.4, 0.5) is 5.69 Å². The SMILES string of the molecule is C[C@H]1C[C@@H](C(=O)Nc2cccc(-c3ncco3)c2)CCN1.Cl. The third-order valence-corrected chi connectivity index (χ3v) is 3.80. The van der Waals surface area contributed by atoms with E-state index in [9.17, 15) is 4.79 Å². The molecule has 0 radical (unpaired) electrons. The summed E-state index contributed by atoms with van der Waals surface area (Å²) in [5, 5.41) is 6.36. The van der Waals surface area contributed by atoms with Gasteiger partial charge in [-0.25, -0.2) is 4.98 Å². The summed E-state index contributed by atoms with van der Waals surface area (Å²) in [6.07, 6.45) is 4.91. The van der Waals surface area contributed by atoms with Crippen LogP contribution >= 0.6 is 12.4 Å². The lowest BCUT2D eigenvalue weighted by atomic mass is 9.92. The van der Waals surface area contributed by atoms with Gasteiger partial charge in [-0.15, -0.1) is 12.4 Å². The highest BCUT2D eigenvalue weighted by Crippen LogP contribution is 2.23. The molecule has 1 aliphatic heterocycles. The van der Waals surface area contributed by atoms with Crippen molar-refractivity contribution in [2.24, 2.45) is 5.92 Å². The van der Waals surface area contributed by atoms with E-state index >= 15 is 0 Å². The Morgan fingerprint density at radius 2 is 2.32 bits per heavy atom. The highest BCUT2D eigenvalue weighted by molar-refractivity contribution is 5.93. The molecule has 3 rings (SSSR count). The molecule has 1 aromatic heterocycles. The zero-order valence-electron chi connectivity index (χ0n) is 12.4. The number of amides is 1. The number of nitrogens with one attached hydrogen (secondary N) is 2. The van der Waals surface area contributed by atoms with Crippen molar-refractivity contribution in [3.8, 4) is 11.5 Å². The predicted molar refractivity (Wildman–Crippen MR) is 88.0 cm³/mol. The van der Waals surface area contributed by atoms with Gasteiger partial charge in [0.2, 0.25) is 11.8 Å². The van der Waals surface area contributed by atoms with Crippen LogP contribution in [0.25, 0.3) is 11.5 Å². The normalized spacial score (nSPS) is 21.0. The molecule has 1 aromatic carbocycles. The first-order chi connectivity index (χ1) is 10.2. The molecule has 1 fully saturated rings. The van der Waals surface area contributed by atoms with Gasteiger partial charge in [-0.2, -0.15) is 0 Å². The lowest BCUT2D eigenvalue weighted by molar-refractivity contribution is -0.120. The first-order valence-electron chi connectivity index (χ1n) is 7.26. The molecule has 0 saturated carbocycles. The second kappa shape index (κ2) is 7.42. The van der Waals surface area contributed by atoms with E-state index in [0.29, 0.717) is 11.9 Å². The van der Waals surface area contributed by atoms with E-state index < -0.39 is 0 Å².